The Kier molecular flexibility index (Phi) is 8.21. The zero-order valence-electron chi connectivity index (χ0n) is 15.7. The topological polar surface area (TPSA) is 92.9 Å². The van der Waals surface area contributed by atoms with Crippen LogP contribution in [0.4, 0.5) is 11.4 Å². The van der Waals surface area contributed by atoms with Crippen LogP contribution in [0.25, 0.3) is 0 Å². The zero-order valence-corrected chi connectivity index (χ0v) is 16.5. The number of anilines is 2. The number of hydrogen-bond donors (Lipinski definition) is 4. The van der Waals surface area contributed by atoms with Crippen LogP contribution in [0.15, 0.2) is 91.0 Å². The molecule has 0 saturated heterocycles. The summed E-state index contributed by atoms with van der Waals surface area (Å²) < 4.78 is 28.6. The van der Waals surface area contributed by atoms with Crippen LogP contribution in [0.5, 0.6) is 0 Å². The molecule has 0 aliphatic rings. The number of para-hydroxylation sites is 2. The number of phosphoric acid groups is 1. The minimum absolute atomic E-state index is 0.140. The number of hydrazine groups is 2. The summed E-state index contributed by atoms with van der Waals surface area (Å²) >= 11 is 0. The first-order valence-electron chi connectivity index (χ1n) is 9.01. The molecule has 0 atom stereocenters. The maximum Gasteiger partial charge on any atom is 0.511 e. The molecule has 0 bridgehead atoms. The predicted octanol–water partition coefficient (Wildman–Crippen LogP) is 4.45. The van der Waals surface area contributed by atoms with Crippen molar-refractivity contribution in [2.24, 2.45) is 0 Å². The summed E-state index contributed by atoms with van der Waals surface area (Å²) in [6, 6.07) is 28.1. The van der Waals surface area contributed by atoms with Crippen molar-refractivity contribution in [3.05, 3.63) is 96.6 Å². The van der Waals surface area contributed by atoms with Crippen molar-refractivity contribution in [1.82, 2.24) is 11.2 Å². The van der Waals surface area contributed by atoms with Gasteiger partial charge in [0.25, 0.3) is 0 Å². The van der Waals surface area contributed by atoms with E-state index in [9.17, 15) is 4.57 Å². The summed E-state index contributed by atoms with van der Waals surface area (Å²) in [4.78, 5) is 0. The molecule has 4 N–H and O–H groups in total. The average molecular weight is 414 g/mol. The summed E-state index contributed by atoms with van der Waals surface area (Å²) in [6.45, 7) is 0.140. The number of hydrogen-bond acceptors (Lipinski definition) is 8. The summed E-state index contributed by atoms with van der Waals surface area (Å²) in [6.07, 6.45) is 0.551. The van der Waals surface area contributed by atoms with E-state index in [1.165, 1.54) is 0 Å². The molecule has 0 radical (unpaired) electrons. The van der Waals surface area contributed by atoms with Gasteiger partial charge in [-0.1, -0.05) is 66.7 Å². The second-order valence-corrected chi connectivity index (χ2v) is 7.40. The molecule has 0 heterocycles. The summed E-state index contributed by atoms with van der Waals surface area (Å²) in [5, 5.41) is 0. The third-order valence-corrected chi connectivity index (χ3v) is 4.86. The van der Waals surface area contributed by atoms with Gasteiger partial charge >= 0.3 is 7.82 Å². The van der Waals surface area contributed by atoms with Crippen molar-refractivity contribution in [2.75, 3.05) is 17.5 Å². The van der Waals surface area contributed by atoms with Crippen molar-refractivity contribution in [3.63, 3.8) is 0 Å². The Morgan fingerprint density at radius 3 is 1.59 bits per heavy atom. The molecular formula is C20H23N4O4P. The van der Waals surface area contributed by atoms with Crippen LogP contribution in [0.2, 0.25) is 0 Å². The Morgan fingerprint density at radius 2 is 1.10 bits per heavy atom. The fraction of sp³-hybridized carbons (Fsp3) is 0.100. The second kappa shape index (κ2) is 11.3. The van der Waals surface area contributed by atoms with Crippen molar-refractivity contribution in [1.29, 1.82) is 0 Å². The Morgan fingerprint density at radius 1 is 0.655 bits per heavy atom. The molecule has 29 heavy (non-hydrogen) atoms. The van der Waals surface area contributed by atoms with E-state index in [4.69, 9.17) is 13.8 Å². The molecule has 152 valence electrons. The van der Waals surface area contributed by atoms with E-state index in [2.05, 4.69) is 22.0 Å². The summed E-state index contributed by atoms with van der Waals surface area (Å²) in [5.74, 6) is 0. The van der Waals surface area contributed by atoms with Gasteiger partial charge < -0.3 is 0 Å². The van der Waals surface area contributed by atoms with Crippen molar-refractivity contribution in [2.45, 2.75) is 6.42 Å². The van der Waals surface area contributed by atoms with Crippen LogP contribution in [0.3, 0.4) is 0 Å². The fourth-order valence-corrected chi connectivity index (χ4v) is 3.08. The van der Waals surface area contributed by atoms with Crippen LogP contribution in [-0.4, -0.2) is 6.61 Å². The van der Waals surface area contributed by atoms with Crippen LogP contribution in [-0.2, 0) is 24.8 Å². The fourth-order valence-electron chi connectivity index (χ4n) is 2.31. The predicted molar refractivity (Wildman–Crippen MR) is 112 cm³/mol. The van der Waals surface area contributed by atoms with Gasteiger partial charge in [-0.25, -0.2) is 4.57 Å². The molecule has 3 rings (SSSR count). The van der Waals surface area contributed by atoms with Gasteiger partial charge in [-0.15, -0.1) is 11.2 Å². The third kappa shape index (κ3) is 7.67. The SMILES string of the molecule is O=P(OCCc1ccccc1)(ONNc1ccccc1)ONNc1ccccc1. The molecule has 0 unspecified atom stereocenters. The molecule has 0 amide bonds. The molecule has 8 nitrogen and oxygen atoms in total. The largest absolute Gasteiger partial charge is 0.511 e. The summed E-state index contributed by atoms with van der Waals surface area (Å²) in [7, 11) is -3.98. The van der Waals surface area contributed by atoms with Crippen molar-refractivity contribution < 1.29 is 18.3 Å². The van der Waals surface area contributed by atoms with Crippen LogP contribution in [0, 0.1) is 0 Å². The summed E-state index contributed by atoms with van der Waals surface area (Å²) in [5.41, 5.74) is 12.8. The lowest BCUT2D eigenvalue weighted by atomic mass is 10.2. The molecule has 0 saturated carbocycles. The molecule has 0 aromatic heterocycles. The van der Waals surface area contributed by atoms with Gasteiger partial charge in [-0.3, -0.25) is 15.4 Å². The van der Waals surface area contributed by atoms with Crippen molar-refractivity contribution >= 4 is 19.2 Å². The highest BCUT2D eigenvalue weighted by molar-refractivity contribution is 7.48. The Labute approximate surface area is 169 Å². The number of nitrogens with one attached hydrogen (secondary N) is 4. The second-order valence-electron chi connectivity index (χ2n) is 5.88. The minimum atomic E-state index is -3.98. The molecule has 0 aliphatic carbocycles. The zero-order chi connectivity index (χ0) is 20.2. The van der Waals surface area contributed by atoms with E-state index in [-0.39, 0.29) is 6.61 Å². The molecule has 9 heteroatoms. The minimum Gasteiger partial charge on any atom is -0.298 e. The smallest absolute Gasteiger partial charge is 0.298 e. The van der Waals surface area contributed by atoms with Gasteiger partial charge in [0.05, 0.1) is 18.0 Å². The molecule has 0 aliphatic heterocycles. The lowest BCUT2D eigenvalue weighted by Gasteiger charge is -2.19. The van der Waals surface area contributed by atoms with Gasteiger partial charge in [-0.2, -0.15) is 9.25 Å². The van der Waals surface area contributed by atoms with Gasteiger partial charge in [0.2, 0.25) is 0 Å². The van der Waals surface area contributed by atoms with E-state index in [1.54, 1.807) is 0 Å². The van der Waals surface area contributed by atoms with E-state index in [1.807, 2.05) is 91.0 Å². The van der Waals surface area contributed by atoms with Crippen LogP contribution in [0.1, 0.15) is 5.56 Å². The lowest BCUT2D eigenvalue weighted by molar-refractivity contribution is 0.0547. The maximum atomic E-state index is 12.9. The van der Waals surface area contributed by atoms with Gasteiger partial charge in [0.1, 0.15) is 0 Å². The monoisotopic (exact) mass is 414 g/mol. The van der Waals surface area contributed by atoms with Gasteiger partial charge in [-0.05, 0) is 36.2 Å². The Balaban J connectivity index is 1.52. The van der Waals surface area contributed by atoms with E-state index in [0.29, 0.717) is 6.42 Å². The highest BCUT2D eigenvalue weighted by atomic mass is 31.2. The molecule has 0 fully saturated rings. The maximum absolute atomic E-state index is 12.9. The molecular weight excluding hydrogens is 391 g/mol. The van der Waals surface area contributed by atoms with Crippen molar-refractivity contribution in [3.8, 4) is 0 Å². The first-order chi connectivity index (χ1) is 14.2. The number of benzene rings is 3. The first kappa shape index (κ1) is 21.0. The van der Waals surface area contributed by atoms with Crippen LogP contribution < -0.4 is 22.0 Å². The van der Waals surface area contributed by atoms with Gasteiger partial charge in [0.15, 0.2) is 0 Å². The van der Waals surface area contributed by atoms with E-state index >= 15 is 0 Å². The highest BCUT2D eigenvalue weighted by Crippen LogP contribution is 2.47. The molecule has 3 aromatic rings. The highest BCUT2D eigenvalue weighted by Gasteiger charge is 2.28. The average Bonchev–Trinajstić information content (AvgIpc) is 2.76. The van der Waals surface area contributed by atoms with Crippen LogP contribution >= 0.6 is 7.82 Å². The standard InChI is InChI=1S/C20H23N4O4P/c25-29(26-17-16-18-10-4-1-5-11-18,27-23-21-19-12-6-2-7-13-19)28-24-22-20-14-8-3-9-15-20/h1-15,21-24H,16-17H2. The number of rotatable bonds is 12. The lowest BCUT2D eigenvalue weighted by Crippen LogP contribution is -2.27. The molecule has 3 aromatic carbocycles. The van der Waals surface area contributed by atoms with E-state index in [0.717, 1.165) is 16.9 Å². The van der Waals surface area contributed by atoms with E-state index < -0.39 is 7.82 Å². The quantitative estimate of drug-likeness (QED) is 0.255. The Bertz CT molecular complexity index is 767. The molecule has 0 spiro atoms. The third-order valence-electron chi connectivity index (χ3n) is 3.74. The Hall–Kier alpha value is -2.71. The van der Waals surface area contributed by atoms with Gasteiger partial charge in [0, 0.05) is 0 Å². The normalized spacial score (nSPS) is 11.2. The first-order valence-corrected chi connectivity index (χ1v) is 10.5.